The van der Waals surface area contributed by atoms with E-state index in [1.165, 1.54) is 4.57 Å². The molecule has 2 aromatic heterocycles. The maximum Gasteiger partial charge on any atom is 0.332 e. The van der Waals surface area contributed by atoms with Crippen molar-refractivity contribution in [3.05, 3.63) is 85.5 Å². The van der Waals surface area contributed by atoms with E-state index in [1.54, 1.807) is 23.7 Å². The van der Waals surface area contributed by atoms with Gasteiger partial charge >= 0.3 is 11.7 Å². The SMILES string of the molecule is CN(C)Cc1cccc(Oc2nc3c(c(=O)n(CCCO)c(=O)n3C)n2Cc2ccc(Cl)cc2)c1. The number of halogens is 1. The lowest BCUT2D eigenvalue weighted by Crippen LogP contribution is -2.39. The Balaban J connectivity index is 1.88. The summed E-state index contributed by atoms with van der Waals surface area (Å²) in [5.74, 6) is 0.572. The van der Waals surface area contributed by atoms with Crippen LogP contribution in [-0.2, 0) is 26.7 Å². The molecule has 4 aromatic rings. The van der Waals surface area contributed by atoms with Crippen LogP contribution in [0.3, 0.4) is 0 Å². The van der Waals surface area contributed by atoms with E-state index >= 15 is 0 Å². The van der Waals surface area contributed by atoms with Crippen molar-refractivity contribution >= 4 is 22.8 Å². The van der Waals surface area contributed by atoms with E-state index in [0.29, 0.717) is 10.8 Å². The average Bonchev–Trinajstić information content (AvgIpc) is 3.17. The van der Waals surface area contributed by atoms with Crippen LogP contribution >= 0.6 is 11.6 Å². The topological polar surface area (TPSA) is 94.5 Å². The molecule has 1 N–H and O–H groups in total. The first kappa shape index (κ1) is 24.7. The summed E-state index contributed by atoms with van der Waals surface area (Å²) < 4.78 is 10.3. The predicted octanol–water partition coefficient (Wildman–Crippen LogP) is 2.83. The number of aromatic nitrogens is 4. The number of ether oxygens (including phenoxy) is 1. The Hall–Kier alpha value is -3.40. The monoisotopic (exact) mass is 497 g/mol. The molecule has 0 fully saturated rings. The molecule has 0 spiro atoms. The van der Waals surface area contributed by atoms with Gasteiger partial charge in [-0.2, -0.15) is 4.98 Å². The van der Waals surface area contributed by atoms with E-state index in [4.69, 9.17) is 16.3 Å². The Morgan fingerprint density at radius 3 is 2.49 bits per heavy atom. The first-order chi connectivity index (χ1) is 16.8. The van der Waals surface area contributed by atoms with Crippen LogP contribution in [0.5, 0.6) is 11.8 Å². The number of hydrogen-bond donors (Lipinski definition) is 1. The molecule has 0 unspecified atom stereocenters. The van der Waals surface area contributed by atoms with Crippen LogP contribution in [0.1, 0.15) is 17.5 Å². The second kappa shape index (κ2) is 10.5. The zero-order chi connectivity index (χ0) is 25.1. The number of aryl methyl sites for hydroxylation is 1. The van der Waals surface area contributed by atoms with Crippen LogP contribution < -0.4 is 16.0 Å². The molecular weight excluding hydrogens is 470 g/mol. The van der Waals surface area contributed by atoms with Crippen molar-refractivity contribution in [3.8, 4) is 11.8 Å². The molecule has 0 aliphatic rings. The molecule has 2 heterocycles. The average molecular weight is 498 g/mol. The van der Waals surface area contributed by atoms with Crippen LogP contribution in [0, 0.1) is 0 Å². The number of nitrogens with zero attached hydrogens (tertiary/aromatic N) is 5. The summed E-state index contributed by atoms with van der Waals surface area (Å²) in [7, 11) is 5.55. The maximum atomic E-state index is 13.4. The third kappa shape index (κ3) is 5.32. The summed E-state index contributed by atoms with van der Waals surface area (Å²) in [6.07, 6.45) is 0.286. The fourth-order valence-electron chi connectivity index (χ4n) is 3.95. The Bertz CT molecular complexity index is 1450. The van der Waals surface area contributed by atoms with Gasteiger partial charge in [-0.05, 0) is 55.9 Å². The summed E-state index contributed by atoms with van der Waals surface area (Å²) >= 11 is 6.05. The van der Waals surface area contributed by atoms with Gasteiger partial charge in [-0.3, -0.25) is 18.5 Å². The molecule has 9 nitrogen and oxygen atoms in total. The van der Waals surface area contributed by atoms with Crippen molar-refractivity contribution in [1.29, 1.82) is 0 Å². The summed E-state index contributed by atoms with van der Waals surface area (Å²) in [6, 6.07) is 15.1. The maximum absolute atomic E-state index is 13.4. The minimum Gasteiger partial charge on any atom is -0.425 e. The summed E-state index contributed by atoms with van der Waals surface area (Å²) in [6.45, 7) is 0.998. The predicted molar refractivity (Wildman–Crippen MR) is 135 cm³/mol. The van der Waals surface area contributed by atoms with Gasteiger partial charge in [0.2, 0.25) is 0 Å². The van der Waals surface area contributed by atoms with Crippen molar-refractivity contribution in [1.82, 2.24) is 23.6 Å². The van der Waals surface area contributed by atoms with Crippen LogP contribution in [0.4, 0.5) is 0 Å². The minimum absolute atomic E-state index is 0.104. The Labute approximate surface area is 207 Å². The van der Waals surface area contributed by atoms with Gasteiger partial charge < -0.3 is 14.7 Å². The number of imidazole rings is 1. The van der Waals surface area contributed by atoms with E-state index in [-0.39, 0.29) is 43.3 Å². The number of benzene rings is 2. The Morgan fingerprint density at radius 1 is 1.06 bits per heavy atom. The van der Waals surface area contributed by atoms with Gasteiger partial charge in [0, 0.05) is 31.8 Å². The molecule has 0 bridgehead atoms. The van der Waals surface area contributed by atoms with Gasteiger partial charge in [0.15, 0.2) is 11.2 Å². The minimum atomic E-state index is -0.494. The highest BCUT2D eigenvalue weighted by Gasteiger charge is 2.22. The fraction of sp³-hybridized carbons (Fsp3) is 0.320. The quantitative estimate of drug-likeness (QED) is 0.382. The van der Waals surface area contributed by atoms with Crippen molar-refractivity contribution in [2.45, 2.75) is 26.1 Å². The van der Waals surface area contributed by atoms with Gasteiger partial charge in [0.1, 0.15) is 5.75 Å². The molecule has 0 aliphatic heterocycles. The van der Waals surface area contributed by atoms with E-state index in [9.17, 15) is 14.7 Å². The molecule has 2 aromatic carbocycles. The molecule has 184 valence electrons. The van der Waals surface area contributed by atoms with Gasteiger partial charge in [-0.15, -0.1) is 0 Å². The molecule has 35 heavy (non-hydrogen) atoms. The highest BCUT2D eigenvalue weighted by molar-refractivity contribution is 6.30. The molecule has 0 saturated heterocycles. The third-order valence-corrected chi connectivity index (χ3v) is 5.85. The van der Waals surface area contributed by atoms with Crippen molar-refractivity contribution in [2.24, 2.45) is 7.05 Å². The number of aliphatic hydroxyl groups excluding tert-OH is 1. The summed E-state index contributed by atoms with van der Waals surface area (Å²) in [4.78, 5) is 32.9. The molecule has 0 saturated carbocycles. The largest absolute Gasteiger partial charge is 0.425 e. The highest BCUT2D eigenvalue weighted by Crippen LogP contribution is 2.26. The Morgan fingerprint density at radius 2 is 1.80 bits per heavy atom. The third-order valence-electron chi connectivity index (χ3n) is 5.60. The van der Waals surface area contributed by atoms with Crippen LogP contribution in [-0.4, -0.2) is 49.4 Å². The fourth-order valence-corrected chi connectivity index (χ4v) is 4.08. The second-order valence-electron chi connectivity index (χ2n) is 8.64. The molecule has 0 amide bonds. The molecule has 0 radical (unpaired) electrons. The van der Waals surface area contributed by atoms with Crippen LogP contribution in [0.25, 0.3) is 11.2 Å². The first-order valence-electron chi connectivity index (χ1n) is 11.3. The van der Waals surface area contributed by atoms with Gasteiger partial charge in [-0.1, -0.05) is 35.9 Å². The number of fused-ring (bicyclic) bond motifs is 1. The molecular formula is C25H28ClN5O4. The van der Waals surface area contributed by atoms with Crippen LogP contribution in [0.2, 0.25) is 5.02 Å². The van der Waals surface area contributed by atoms with Crippen molar-refractivity contribution in [2.75, 3.05) is 20.7 Å². The molecule has 10 heteroatoms. The highest BCUT2D eigenvalue weighted by atomic mass is 35.5. The van der Waals surface area contributed by atoms with Crippen LogP contribution in [0.15, 0.2) is 58.1 Å². The van der Waals surface area contributed by atoms with Crippen molar-refractivity contribution in [3.63, 3.8) is 0 Å². The molecule has 0 aliphatic carbocycles. The zero-order valence-corrected chi connectivity index (χ0v) is 20.7. The van der Waals surface area contributed by atoms with Gasteiger partial charge in [0.25, 0.3) is 5.56 Å². The standard InChI is InChI=1S/C25H28ClN5O4/c1-28(2)15-18-6-4-7-20(14-18)35-24-27-22-21(31(24)16-17-8-10-19(26)11-9-17)23(33)30(12-5-13-32)25(34)29(22)3/h4,6-11,14,32H,5,12-13,15-16H2,1-3H3. The molecule has 4 rings (SSSR count). The molecule has 0 atom stereocenters. The number of rotatable bonds is 9. The number of hydrogen-bond acceptors (Lipinski definition) is 6. The van der Waals surface area contributed by atoms with E-state index in [2.05, 4.69) is 9.88 Å². The normalized spacial score (nSPS) is 11.5. The van der Waals surface area contributed by atoms with Gasteiger partial charge in [-0.25, -0.2) is 4.79 Å². The lowest BCUT2D eigenvalue weighted by molar-refractivity contribution is 0.277. The van der Waals surface area contributed by atoms with Crippen molar-refractivity contribution < 1.29 is 9.84 Å². The Kier molecular flexibility index (Phi) is 7.39. The number of aliphatic hydroxyl groups is 1. The smallest absolute Gasteiger partial charge is 0.332 e. The zero-order valence-electron chi connectivity index (χ0n) is 19.9. The van der Waals surface area contributed by atoms with E-state index < -0.39 is 11.2 Å². The lowest BCUT2D eigenvalue weighted by atomic mass is 10.2. The van der Waals surface area contributed by atoms with E-state index in [0.717, 1.165) is 22.2 Å². The second-order valence-corrected chi connectivity index (χ2v) is 9.08. The lowest BCUT2D eigenvalue weighted by Gasteiger charge is -2.13. The summed E-state index contributed by atoms with van der Waals surface area (Å²) in [5.41, 5.74) is 1.45. The summed E-state index contributed by atoms with van der Waals surface area (Å²) in [5, 5.41) is 9.84. The first-order valence-corrected chi connectivity index (χ1v) is 11.6. The van der Waals surface area contributed by atoms with Gasteiger partial charge in [0.05, 0.1) is 6.54 Å². The van der Waals surface area contributed by atoms with E-state index in [1.807, 2.05) is 50.5 Å².